The fraction of sp³-hybridized carbons (Fsp3) is 0.300. The molecule has 1 aromatic heterocycles. The van der Waals surface area contributed by atoms with Gasteiger partial charge in [-0.25, -0.2) is 9.48 Å². The summed E-state index contributed by atoms with van der Waals surface area (Å²) in [6.07, 6.45) is 2.60. The van der Waals surface area contributed by atoms with Gasteiger partial charge >= 0.3 is 5.97 Å². The van der Waals surface area contributed by atoms with Gasteiger partial charge in [0.1, 0.15) is 0 Å². The van der Waals surface area contributed by atoms with E-state index in [1.54, 1.807) is 6.92 Å². The van der Waals surface area contributed by atoms with Crippen molar-refractivity contribution < 1.29 is 9.53 Å². The molecule has 0 N–H and O–H groups in total. The molecule has 0 unspecified atom stereocenters. The maximum Gasteiger partial charge on any atom is 0.330 e. The van der Waals surface area contributed by atoms with Crippen LogP contribution in [0.2, 0.25) is 5.15 Å². The molecule has 0 radical (unpaired) electrons. The van der Waals surface area contributed by atoms with E-state index in [-0.39, 0.29) is 10.7 Å². The molecule has 5 nitrogen and oxygen atoms in total. The number of aromatic nitrogens is 2. The third-order valence-electron chi connectivity index (χ3n) is 1.76. The fourth-order valence-corrected chi connectivity index (χ4v) is 1.22. The lowest BCUT2D eigenvalue weighted by atomic mass is 10.3. The van der Waals surface area contributed by atoms with Crippen LogP contribution in [0.5, 0.6) is 0 Å². The van der Waals surface area contributed by atoms with E-state index in [1.807, 2.05) is 0 Å². The summed E-state index contributed by atoms with van der Waals surface area (Å²) in [7, 11) is 1.49. The molecule has 0 aliphatic carbocycles. The van der Waals surface area contributed by atoms with Crippen LogP contribution in [-0.4, -0.2) is 22.4 Å². The van der Waals surface area contributed by atoms with E-state index >= 15 is 0 Å². The lowest BCUT2D eigenvalue weighted by Gasteiger charge is -2.00. The Morgan fingerprint density at radius 1 is 1.69 bits per heavy atom. The monoisotopic (exact) mass is 242 g/mol. The van der Waals surface area contributed by atoms with Crippen molar-refractivity contribution in [2.45, 2.75) is 6.92 Å². The summed E-state index contributed by atoms with van der Waals surface area (Å²) in [5, 5.41) is 3.92. The molecule has 16 heavy (non-hydrogen) atoms. The molecule has 1 aromatic rings. The van der Waals surface area contributed by atoms with Crippen molar-refractivity contribution in [1.82, 2.24) is 9.78 Å². The number of hydrogen-bond donors (Lipinski definition) is 0. The number of rotatable bonds is 3. The maximum atomic E-state index is 11.3. The molecular formula is C10H11ClN2O3. The van der Waals surface area contributed by atoms with Crippen LogP contribution in [0.4, 0.5) is 0 Å². The normalized spacial score (nSPS) is 10.7. The van der Waals surface area contributed by atoms with Gasteiger partial charge in [0.25, 0.3) is 5.56 Å². The number of hydrogen-bond acceptors (Lipinski definition) is 4. The molecule has 0 aliphatic heterocycles. The molecule has 1 heterocycles. The molecule has 1 rings (SSSR count). The van der Waals surface area contributed by atoms with Gasteiger partial charge in [0.05, 0.1) is 6.61 Å². The number of ether oxygens (including phenoxy) is 1. The molecule has 0 saturated heterocycles. The lowest BCUT2D eigenvalue weighted by molar-refractivity contribution is -0.137. The lowest BCUT2D eigenvalue weighted by Crippen LogP contribution is -2.19. The highest BCUT2D eigenvalue weighted by atomic mass is 35.5. The van der Waals surface area contributed by atoms with Gasteiger partial charge in [-0.05, 0) is 13.0 Å². The summed E-state index contributed by atoms with van der Waals surface area (Å²) in [5.41, 5.74) is 0.0886. The van der Waals surface area contributed by atoms with E-state index in [0.29, 0.717) is 12.2 Å². The Bertz CT molecular complexity index is 479. The number of nitrogens with zero attached hydrogens (tertiary/aromatic N) is 2. The first-order valence-corrected chi connectivity index (χ1v) is 5.01. The summed E-state index contributed by atoms with van der Waals surface area (Å²) < 4.78 is 5.80. The van der Waals surface area contributed by atoms with Crippen molar-refractivity contribution in [3.8, 4) is 0 Å². The van der Waals surface area contributed by atoms with Crippen molar-refractivity contribution in [3.63, 3.8) is 0 Å². The zero-order chi connectivity index (χ0) is 12.1. The van der Waals surface area contributed by atoms with Crippen LogP contribution in [0.15, 0.2) is 16.9 Å². The minimum Gasteiger partial charge on any atom is -0.463 e. The standard InChI is InChI=1S/C10H11ClN2O3/c1-3-16-9(15)5-4-7-6-8(14)13(2)12-10(7)11/h4-6H,3H2,1-2H3/b5-4+. The van der Waals surface area contributed by atoms with E-state index in [2.05, 4.69) is 9.84 Å². The minimum absolute atomic E-state index is 0.155. The number of aryl methyl sites for hydroxylation is 1. The van der Waals surface area contributed by atoms with Crippen molar-refractivity contribution in [1.29, 1.82) is 0 Å². The quantitative estimate of drug-likeness (QED) is 0.586. The van der Waals surface area contributed by atoms with Crippen LogP contribution in [0.25, 0.3) is 6.08 Å². The van der Waals surface area contributed by atoms with Crippen LogP contribution < -0.4 is 5.56 Å². The van der Waals surface area contributed by atoms with Crippen molar-refractivity contribution in [3.05, 3.63) is 33.2 Å². The first kappa shape index (κ1) is 12.4. The first-order chi connectivity index (χ1) is 7.54. The highest BCUT2D eigenvalue weighted by molar-refractivity contribution is 6.30. The van der Waals surface area contributed by atoms with Gasteiger partial charge < -0.3 is 4.74 Å². The zero-order valence-corrected chi connectivity index (χ0v) is 9.69. The van der Waals surface area contributed by atoms with Crippen LogP contribution >= 0.6 is 11.6 Å². The summed E-state index contributed by atoms with van der Waals surface area (Å²) in [4.78, 5) is 22.3. The summed E-state index contributed by atoms with van der Waals surface area (Å²) in [6, 6.07) is 1.30. The third-order valence-corrected chi connectivity index (χ3v) is 2.05. The molecular weight excluding hydrogens is 232 g/mol. The minimum atomic E-state index is -0.487. The van der Waals surface area contributed by atoms with Crippen LogP contribution in [0.3, 0.4) is 0 Å². The van der Waals surface area contributed by atoms with E-state index in [4.69, 9.17) is 11.6 Å². The number of esters is 1. The van der Waals surface area contributed by atoms with Gasteiger partial charge in [0.15, 0.2) is 5.15 Å². The highest BCUT2D eigenvalue weighted by Crippen LogP contribution is 2.10. The highest BCUT2D eigenvalue weighted by Gasteiger charge is 2.02. The zero-order valence-electron chi connectivity index (χ0n) is 8.94. The smallest absolute Gasteiger partial charge is 0.330 e. The van der Waals surface area contributed by atoms with Gasteiger partial charge in [-0.2, -0.15) is 5.10 Å². The van der Waals surface area contributed by atoms with Gasteiger partial charge in [-0.15, -0.1) is 0 Å². The van der Waals surface area contributed by atoms with Crippen molar-refractivity contribution >= 4 is 23.6 Å². The molecule has 0 atom stereocenters. The summed E-state index contributed by atoms with van der Waals surface area (Å²) >= 11 is 5.79. The van der Waals surface area contributed by atoms with Gasteiger partial charge in [0, 0.05) is 24.8 Å². The topological polar surface area (TPSA) is 61.2 Å². The molecule has 86 valence electrons. The SMILES string of the molecule is CCOC(=O)/C=C/c1cc(=O)n(C)nc1Cl. The second-order valence-corrected chi connectivity index (χ2v) is 3.30. The fourth-order valence-electron chi connectivity index (χ4n) is 0.990. The molecule has 0 aromatic carbocycles. The second-order valence-electron chi connectivity index (χ2n) is 2.94. The first-order valence-electron chi connectivity index (χ1n) is 4.63. The Morgan fingerprint density at radius 3 is 3.00 bits per heavy atom. The molecule has 0 saturated carbocycles. The maximum absolute atomic E-state index is 11.3. The number of carbonyl (C=O) groups is 1. The van der Waals surface area contributed by atoms with Crippen molar-refractivity contribution in [2.75, 3.05) is 6.61 Å². The molecule has 0 bridgehead atoms. The molecule has 0 spiro atoms. The molecule has 6 heteroatoms. The van der Waals surface area contributed by atoms with Crippen molar-refractivity contribution in [2.24, 2.45) is 7.05 Å². The van der Waals surface area contributed by atoms with E-state index in [9.17, 15) is 9.59 Å². The predicted octanol–water partition coefficient (Wildman–Crippen LogP) is 1.01. The Hall–Kier alpha value is -1.62. The Labute approximate surface area is 97.3 Å². The van der Waals surface area contributed by atoms with E-state index in [0.717, 1.165) is 4.68 Å². The number of halogens is 1. The van der Waals surface area contributed by atoms with Crippen LogP contribution in [0, 0.1) is 0 Å². The average Bonchev–Trinajstić information content (AvgIpc) is 2.22. The van der Waals surface area contributed by atoms with E-state index < -0.39 is 5.97 Å². The van der Waals surface area contributed by atoms with Gasteiger partial charge in [-0.3, -0.25) is 4.79 Å². The summed E-state index contributed by atoms with van der Waals surface area (Å²) in [6.45, 7) is 2.00. The third kappa shape index (κ3) is 3.20. The molecule has 0 aliphatic rings. The van der Waals surface area contributed by atoms with Crippen LogP contribution in [-0.2, 0) is 16.6 Å². The Balaban J connectivity index is 2.94. The molecule has 0 amide bonds. The van der Waals surface area contributed by atoms with Gasteiger partial charge in [0.2, 0.25) is 0 Å². The van der Waals surface area contributed by atoms with Gasteiger partial charge in [-0.1, -0.05) is 11.6 Å². The average molecular weight is 243 g/mol. The summed E-state index contributed by atoms with van der Waals surface area (Å²) in [5.74, 6) is -0.487. The Morgan fingerprint density at radius 2 is 2.38 bits per heavy atom. The van der Waals surface area contributed by atoms with Crippen LogP contribution in [0.1, 0.15) is 12.5 Å². The number of carbonyl (C=O) groups excluding carboxylic acids is 1. The largest absolute Gasteiger partial charge is 0.463 e. The van der Waals surface area contributed by atoms with E-state index in [1.165, 1.54) is 25.3 Å². The predicted molar refractivity (Wildman–Crippen MR) is 60.2 cm³/mol. The molecule has 0 fully saturated rings. The Kier molecular flexibility index (Phi) is 4.25. The second kappa shape index (κ2) is 5.46.